The lowest BCUT2D eigenvalue weighted by Gasteiger charge is -2.36. The highest BCUT2D eigenvalue weighted by Gasteiger charge is 2.23. The Morgan fingerprint density at radius 2 is 1.85 bits per heavy atom. The van der Waals surface area contributed by atoms with Crippen LogP contribution in [0.5, 0.6) is 0 Å². The number of aromatic nitrogens is 1. The molecule has 1 aliphatic rings. The topological polar surface area (TPSA) is 61.6 Å². The number of oxazole rings is 1. The second-order valence-electron chi connectivity index (χ2n) is 8.24. The van der Waals surface area contributed by atoms with Gasteiger partial charge < -0.3 is 19.5 Å². The SMILES string of the molecule is CC(NC(=O)N1CCN(c2ccc(-c3cnco3)c(F)c2)CC1)c1cccc2ccccc12. The van der Waals surface area contributed by atoms with E-state index in [-0.39, 0.29) is 17.9 Å². The average Bonchev–Trinajstić information content (AvgIpc) is 3.38. The molecule has 1 saturated heterocycles. The van der Waals surface area contributed by atoms with Crippen molar-refractivity contribution in [1.29, 1.82) is 0 Å². The van der Waals surface area contributed by atoms with Gasteiger partial charge in [-0.15, -0.1) is 0 Å². The van der Waals surface area contributed by atoms with E-state index in [9.17, 15) is 9.18 Å². The van der Waals surface area contributed by atoms with Gasteiger partial charge in [0.25, 0.3) is 0 Å². The number of nitrogens with one attached hydrogen (secondary N) is 1. The fourth-order valence-corrected chi connectivity index (χ4v) is 4.40. The van der Waals surface area contributed by atoms with Gasteiger partial charge in [-0.25, -0.2) is 14.2 Å². The molecule has 0 radical (unpaired) electrons. The van der Waals surface area contributed by atoms with Crippen molar-refractivity contribution in [2.75, 3.05) is 31.1 Å². The van der Waals surface area contributed by atoms with Gasteiger partial charge in [0, 0.05) is 31.9 Å². The summed E-state index contributed by atoms with van der Waals surface area (Å²) in [7, 11) is 0. The van der Waals surface area contributed by atoms with Gasteiger partial charge in [-0.2, -0.15) is 0 Å². The Hall–Kier alpha value is -3.87. The molecule has 1 fully saturated rings. The molecule has 0 spiro atoms. The lowest BCUT2D eigenvalue weighted by molar-refractivity contribution is 0.191. The van der Waals surface area contributed by atoms with Gasteiger partial charge in [0.05, 0.1) is 17.8 Å². The molecule has 5 rings (SSSR count). The number of hydrogen-bond donors (Lipinski definition) is 1. The number of urea groups is 1. The van der Waals surface area contributed by atoms with E-state index in [1.807, 2.05) is 36.1 Å². The Labute approximate surface area is 191 Å². The van der Waals surface area contributed by atoms with Gasteiger partial charge in [0.15, 0.2) is 12.2 Å². The first-order chi connectivity index (χ1) is 16.1. The average molecular weight is 445 g/mol. The molecule has 0 aliphatic carbocycles. The van der Waals surface area contributed by atoms with E-state index in [0.717, 1.165) is 22.0 Å². The van der Waals surface area contributed by atoms with Crippen molar-refractivity contribution < 1.29 is 13.6 Å². The van der Waals surface area contributed by atoms with E-state index in [0.29, 0.717) is 37.5 Å². The van der Waals surface area contributed by atoms with Crippen LogP contribution < -0.4 is 10.2 Å². The molecule has 1 aliphatic heterocycles. The molecule has 1 aromatic heterocycles. The number of piperazine rings is 1. The molecule has 33 heavy (non-hydrogen) atoms. The summed E-state index contributed by atoms with van der Waals surface area (Å²) in [5, 5.41) is 5.44. The van der Waals surface area contributed by atoms with E-state index >= 15 is 0 Å². The molecule has 1 N–H and O–H groups in total. The largest absolute Gasteiger partial charge is 0.443 e. The first-order valence-electron chi connectivity index (χ1n) is 11.1. The molecule has 3 aromatic carbocycles. The lowest BCUT2D eigenvalue weighted by atomic mass is 10.00. The Balaban J connectivity index is 1.21. The molecule has 1 unspecified atom stereocenters. The molecule has 168 valence electrons. The minimum Gasteiger partial charge on any atom is -0.443 e. The number of carbonyl (C=O) groups is 1. The van der Waals surface area contributed by atoms with E-state index in [2.05, 4.69) is 39.5 Å². The summed E-state index contributed by atoms with van der Waals surface area (Å²) < 4.78 is 19.8. The molecule has 2 amide bonds. The predicted molar refractivity (Wildman–Crippen MR) is 127 cm³/mol. The van der Waals surface area contributed by atoms with Crippen molar-refractivity contribution in [2.24, 2.45) is 0 Å². The summed E-state index contributed by atoms with van der Waals surface area (Å²) >= 11 is 0. The van der Waals surface area contributed by atoms with E-state index in [1.54, 1.807) is 6.07 Å². The molecule has 6 nitrogen and oxygen atoms in total. The van der Waals surface area contributed by atoms with Gasteiger partial charge in [-0.05, 0) is 41.5 Å². The van der Waals surface area contributed by atoms with Crippen LogP contribution in [0.25, 0.3) is 22.1 Å². The van der Waals surface area contributed by atoms with Gasteiger partial charge in [-0.3, -0.25) is 0 Å². The van der Waals surface area contributed by atoms with Crippen LogP contribution in [0.15, 0.2) is 77.7 Å². The fourth-order valence-electron chi connectivity index (χ4n) is 4.40. The third-order valence-corrected chi connectivity index (χ3v) is 6.21. The Kier molecular flexibility index (Phi) is 5.69. The van der Waals surface area contributed by atoms with E-state index < -0.39 is 0 Å². The van der Waals surface area contributed by atoms with Gasteiger partial charge in [0.1, 0.15) is 5.82 Å². The van der Waals surface area contributed by atoms with Crippen LogP contribution in [0, 0.1) is 5.82 Å². The maximum Gasteiger partial charge on any atom is 0.317 e. The van der Waals surface area contributed by atoms with E-state index in [4.69, 9.17) is 4.42 Å². The molecule has 7 heteroatoms. The zero-order chi connectivity index (χ0) is 22.8. The first-order valence-corrected chi connectivity index (χ1v) is 11.1. The summed E-state index contributed by atoms with van der Waals surface area (Å²) in [6, 6.07) is 19.2. The Bertz CT molecular complexity index is 1260. The molecule has 4 aromatic rings. The van der Waals surface area contributed by atoms with Crippen LogP contribution in [0.3, 0.4) is 0 Å². The third-order valence-electron chi connectivity index (χ3n) is 6.21. The number of fused-ring (bicyclic) bond motifs is 1. The minimum atomic E-state index is -0.353. The van der Waals surface area contributed by atoms with Crippen LogP contribution in [-0.2, 0) is 0 Å². The van der Waals surface area contributed by atoms with Gasteiger partial charge >= 0.3 is 6.03 Å². The van der Waals surface area contributed by atoms with Crippen molar-refractivity contribution in [1.82, 2.24) is 15.2 Å². The zero-order valence-corrected chi connectivity index (χ0v) is 18.4. The Morgan fingerprint density at radius 3 is 2.61 bits per heavy atom. The van der Waals surface area contributed by atoms with Crippen LogP contribution in [0.4, 0.5) is 14.9 Å². The van der Waals surface area contributed by atoms with Crippen LogP contribution in [0.2, 0.25) is 0 Å². The smallest absolute Gasteiger partial charge is 0.317 e. The maximum absolute atomic E-state index is 14.6. The first kappa shape index (κ1) is 21.0. The molecule has 2 heterocycles. The zero-order valence-electron chi connectivity index (χ0n) is 18.4. The summed E-state index contributed by atoms with van der Waals surface area (Å²) in [6.45, 7) is 4.42. The summed E-state index contributed by atoms with van der Waals surface area (Å²) in [6.07, 6.45) is 2.78. The van der Waals surface area contributed by atoms with Gasteiger partial charge in [-0.1, -0.05) is 42.5 Å². The molecular formula is C26H25FN4O2. The minimum absolute atomic E-state index is 0.0815. The molecule has 0 saturated carbocycles. The second-order valence-corrected chi connectivity index (χ2v) is 8.24. The van der Waals surface area contributed by atoms with E-state index in [1.165, 1.54) is 18.7 Å². The number of nitrogens with zero attached hydrogens (tertiary/aromatic N) is 3. The van der Waals surface area contributed by atoms with Crippen LogP contribution >= 0.6 is 0 Å². The molecular weight excluding hydrogens is 419 g/mol. The monoisotopic (exact) mass is 444 g/mol. The van der Waals surface area contributed by atoms with Gasteiger partial charge in [0.2, 0.25) is 0 Å². The standard InChI is InChI=1S/C26H25FN4O2/c1-18(21-8-4-6-19-5-2-3-7-22(19)21)29-26(32)31-13-11-30(12-14-31)20-9-10-23(24(27)15-20)25-16-28-17-33-25/h2-10,15-18H,11-14H2,1H3,(H,29,32). The number of hydrogen-bond acceptors (Lipinski definition) is 4. The lowest BCUT2D eigenvalue weighted by Crippen LogP contribution is -2.52. The van der Waals surface area contributed by atoms with Crippen molar-refractivity contribution in [3.05, 3.63) is 84.6 Å². The summed E-state index contributed by atoms with van der Waals surface area (Å²) in [5.41, 5.74) is 2.28. The number of halogens is 1. The van der Waals surface area contributed by atoms with Crippen LogP contribution in [-0.4, -0.2) is 42.1 Å². The quantitative estimate of drug-likeness (QED) is 0.468. The predicted octanol–water partition coefficient (Wildman–Crippen LogP) is 5.23. The highest BCUT2D eigenvalue weighted by molar-refractivity contribution is 5.86. The summed E-state index contributed by atoms with van der Waals surface area (Å²) in [4.78, 5) is 20.7. The molecule has 0 bridgehead atoms. The van der Waals surface area contributed by atoms with Crippen molar-refractivity contribution >= 4 is 22.5 Å². The second kappa shape index (κ2) is 8.94. The number of rotatable bonds is 4. The van der Waals surface area contributed by atoms with Crippen molar-refractivity contribution in [3.63, 3.8) is 0 Å². The molecule has 1 atom stereocenters. The number of anilines is 1. The normalized spacial score (nSPS) is 15.0. The Morgan fingerprint density at radius 1 is 1.06 bits per heavy atom. The highest BCUT2D eigenvalue weighted by atomic mass is 19.1. The third kappa shape index (κ3) is 4.26. The summed E-state index contributed by atoms with van der Waals surface area (Å²) in [5.74, 6) is 0.0502. The number of carbonyl (C=O) groups excluding carboxylic acids is 1. The number of amides is 2. The van der Waals surface area contributed by atoms with Crippen molar-refractivity contribution in [3.8, 4) is 11.3 Å². The van der Waals surface area contributed by atoms with Crippen LogP contribution in [0.1, 0.15) is 18.5 Å². The maximum atomic E-state index is 14.6. The fraction of sp³-hybridized carbons (Fsp3) is 0.231. The van der Waals surface area contributed by atoms with Crippen molar-refractivity contribution in [2.45, 2.75) is 13.0 Å². The number of benzene rings is 3. The highest BCUT2D eigenvalue weighted by Crippen LogP contribution is 2.28.